The molecule has 0 saturated carbocycles. The molecule has 27 heavy (non-hydrogen) atoms. The quantitative estimate of drug-likeness (QED) is 0.548. The molecule has 1 aromatic carbocycles. The van der Waals surface area contributed by atoms with Crippen LogP contribution in [-0.4, -0.2) is 30.6 Å². The highest BCUT2D eigenvalue weighted by Gasteiger charge is 2.34. The lowest BCUT2D eigenvalue weighted by Gasteiger charge is -2.10. The summed E-state index contributed by atoms with van der Waals surface area (Å²) in [6, 6.07) is 8.69. The number of nitro groups is 1. The van der Waals surface area contributed by atoms with E-state index in [9.17, 15) is 28.1 Å². The van der Waals surface area contributed by atoms with Crippen molar-refractivity contribution in [2.24, 2.45) is 5.73 Å². The number of carbonyl (C=O) groups excluding carboxylic acids is 1. The second-order valence-corrected chi connectivity index (χ2v) is 5.23. The Bertz CT molecular complexity index is 1000. The van der Waals surface area contributed by atoms with Crippen LogP contribution >= 0.6 is 0 Å². The number of nitrogens with zero attached hydrogens (tertiary/aromatic N) is 5. The minimum Gasteiger partial charge on any atom is -0.364 e. The molecule has 0 unspecified atom stereocenters. The number of halogens is 3. The molecule has 0 aliphatic rings. The van der Waals surface area contributed by atoms with Crippen LogP contribution in [0.3, 0.4) is 0 Å². The molecule has 0 aliphatic carbocycles. The molecular formula is C15H9F3N6O3. The molecular weight excluding hydrogens is 369 g/mol. The van der Waals surface area contributed by atoms with Crippen LogP contribution in [0.5, 0.6) is 0 Å². The fourth-order valence-corrected chi connectivity index (χ4v) is 2.22. The molecule has 12 heteroatoms. The lowest BCUT2D eigenvalue weighted by Crippen LogP contribution is -2.15. The molecule has 3 rings (SSSR count). The van der Waals surface area contributed by atoms with E-state index in [0.29, 0.717) is 10.2 Å². The first kappa shape index (κ1) is 18.0. The fourth-order valence-electron chi connectivity index (χ4n) is 2.22. The van der Waals surface area contributed by atoms with E-state index in [1.54, 1.807) is 18.2 Å². The number of carbonyl (C=O) groups is 1. The maximum absolute atomic E-state index is 13.2. The second kappa shape index (κ2) is 6.48. The molecule has 2 heterocycles. The topological polar surface area (TPSA) is 130 Å². The largest absolute Gasteiger partial charge is 0.433 e. The lowest BCUT2D eigenvalue weighted by molar-refractivity contribution is -0.385. The predicted molar refractivity (Wildman–Crippen MR) is 84.8 cm³/mol. The number of alkyl halides is 3. The summed E-state index contributed by atoms with van der Waals surface area (Å²) in [6.45, 7) is 0. The number of aromatic nitrogens is 4. The standard InChI is InChI=1S/C15H9F3N6O3/c16-15(17,18)11-6-9(8-4-2-1-3-5-8)20-14(21-11)23-7-10(24(26)27)12(22-23)13(19)25/h1-7H,(H2,19,25). The third-order valence-corrected chi connectivity index (χ3v) is 3.40. The molecule has 3 aromatic rings. The SMILES string of the molecule is NC(=O)c1nn(-c2nc(-c3ccccc3)cc(C(F)(F)F)n2)cc1[N+](=O)[O-]. The summed E-state index contributed by atoms with van der Waals surface area (Å²) in [6.07, 6.45) is -4.07. The summed E-state index contributed by atoms with van der Waals surface area (Å²) in [5, 5.41) is 14.6. The highest BCUT2D eigenvalue weighted by molar-refractivity contribution is 5.94. The Morgan fingerprint density at radius 3 is 2.37 bits per heavy atom. The van der Waals surface area contributed by atoms with E-state index >= 15 is 0 Å². The number of benzene rings is 1. The summed E-state index contributed by atoms with van der Waals surface area (Å²) in [5.41, 5.74) is 2.54. The van der Waals surface area contributed by atoms with Crippen molar-refractivity contribution in [2.45, 2.75) is 6.18 Å². The van der Waals surface area contributed by atoms with Gasteiger partial charge in [-0.3, -0.25) is 14.9 Å². The molecule has 0 atom stereocenters. The van der Waals surface area contributed by atoms with Crippen LogP contribution in [0.15, 0.2) is 42.6 Å². The van der Waals surface area contributed by atoms with Gasteiger partial charge in [0.05, 0.1) is 10.6 Å². The van der Waals surface area contributed by atoms with E-state index in [0.717, 1.165) is 12.3 Å². The number of nitrogens with two attached hydrogens (primary N) is 1. The molecule has 1 amide bonds. The fraction of sp³-hybridized carbons (Fsp3) is 0.0667. The van der Waals surface area contributed by atoms with Crippen LogP contribution in [-0.2, 0) is 6.18 Å². The number of primary amides is 1. The molecule has 138 valence electrons. The summed E-state index contributed by atoms with van der Waals surface area (Å²) < 4.78 is 40.3. The van der Waals surface area contributed by atoms with Crippen LogP contribution in [0.2, 0.25) is 0 Å². The smallest absolute Gasteiger partial charge is 0.364 e. The van der Waals surface area contributed by atoms with Gasteiger partial charge in [0, 0.05) is 5.56 Å². The van der Waals surface area contributed by atoms with E-state index in [2.05, 4.69) is 15.1 Å². The number of hydrogen-bond donors (Lipinski definition) is 1. The van der Waals surface area contributed by atoms with E-state index < -0.39 is 40.0 Å². The number of amides is 1. The summed E-state index contributed by atoms with van der Waals surface area (Å²) in [4.78, 5) is 28.7. The highest BCUT2D eigenvalue weighted by atomic mass is 19.4. The molecule has 2 N–H and O–H groups in total. The van der Waals surface area contributed by atoms with Gasteiger partial charge in [-0.25, -0.2) is 9.97 Å². The second-order valence-electron chi connectivity index (χ2n) is 5.23. The molecule has 0 saturated heterocycles. The lowest BCUT2D eigenvalue weighted by atomic mass is 10.1. The van der Waals surface area contributed by atoms with Crippen LogP contribution in [0.4, 0.5) is 18.9 Å². The van der Waals surface area contributed by atoms with Crippen molar-refractivity contribution in [1.29, 1.82) is 0 Å². The Hall–Kier alpha value is -3.83. The van der Waals surface area contributed by atoms with Gasteiger partial charge >= 0.3 is 11.9 Å². The zero-order valence-corrected chi connectivity index (χ0v) is 13.2. The molecule has 0 bridgehead atoms. The highest BCUT2D eigenvalue weighted by Crippen LogP contribution is 2.31. The number of hydrogen-bond acceptors (Lipinski definition) is 6. The van der Waals surface area contributed by atoms with Gasteiger partial charge in [0.1, 0.15) is 6.20 Å². The first-order chi connectivity index (χ1) is 12.7. The van der Waals surface area contributed by atoms with Gasteiger partial charge in [0.25, 0.3) is 11.9 Å². The summed E-state index contributed by atoms with van der Waals surface area (Å²) >= 11 is 0. The zero-order chi connectivity index (χ0) is 19.8. The van der Waals surface area contributed by atoms with Crippen LogP contribution < -0.4 is 5.73 Å². The van der Waals surface area contributed by atoms with Crippen molar-refractivity contribution in [3.8, 4) is 17.2 Å². The van der Waals surface area contributed by atoms with Gasteiger partial charge in [0.2, 0.25) is 5.69 Å². The monoisotopic (exact) mass is 378 g/mol. The molecule has 0 spiro atoms. The summed E-state index contributed by atoms with van der Waals surface area (Å²) in [7, 11) is 0. The average Bonchev–Trinajstić information content (AvgIpc) is 3.07. The zero-order valence-electron chi connectivity index (χ0n) is 13.2. The van der Waals surface area contributed by atoms with Crippen LogP contribution in [0.1, 0.15) is 16.2 Å². The Kier molecular flexibility index (Phi) is 4.31. The Morgan fingerprint density at radius 2 is 1.85 bits per heavy atom. The molecule has 0 aliphatic heterocycles. The number of rotatable bonds is 4. The van der Waals surface area contributed by atoms with E-state index in [-0.39, 0.29) is 5.69 Å². The molecule has 9 nitrogen and oxygen atoms in total. The first-order valence-corrected chi connectivity index (χ1v) is 7.23. The Labute approximate surface area is 148 Å². The normalized spacial score (nSPS) is 11.4. The minimum atomic E-state index is -4.80. The van der Waals surface area contributed by atoms with Crippen molar-refractivity contribution in [3.63, 3.8) is 0 Å². The van der Waals surface area contributed by atoms with Gasteiger partial charge in [0.15, 0.2) is 5.69 Å². The van der Waals surface area contributed by atoms with Crippen molar-refractivity contribution < 1.29 is 22.9 Å². The Morgan fingerprint density at radius 1 is 1.19 bits per heavy atom. The molecule has 0 fully saturated rings. The van der Waals surface area contributed by atoms with Gasteiger partial charge in [-0.2, -0.15) is 23.0 Å². The van der Waals surface area contributed by atoms with Crippen molar-refractivity contribution >= 4 is 11.6 Å². The van der Waals surface area contributed by atoms with Gasteiger partial charge in [-0.05, 0) is 6.07 Å². The van der Waals surface area contributed by atoms with E-state index in [4.69, 9.17) is 5.73 Å². The van der Waals surface area contributed by atoms with Crippen LogP contribution in [0, 0.1) is 10.1 Å². The maximum atomic E-state index is 13.2. The summed E-state index contributed by atoms with van der Waals surface area (Å²) in [5.74, 6) is -1.81. The third kappa shape index (κ3) is 3.58. The molecule has 2 aromatic heterocycles. The van der Waals surface area contributed by atoms with Crippen molar-refractivity contribution in [3.05, 3.63) is 64.1 Å². The van der Waals surface area contributed by atoms with Gasteiger partial charge < -0.3 is 5.73 Å². The average molecular weight is 378 g/mol. The third-order valence-electron chi connectivity index (χ3n) is 3.40. The molecule has 0 radical (unpaired) electrons. The van der Waals surface area contributed by atoms with Crippen molar-refractivity contribution in [1.82, 2.24) is 19.7 Å². The van der Waals surface area contributed by atoms with Gasteiger partial charge in [-0.1, -0.05) is 30.3 Å². The van der Waals surface area contributed by atoms with Gasteiger partial charge in [-0.15, -0.1) is 0 Å². The Balaban J connectivity index is 2.23. The van der Waals surface area contributed by atoms with E-state index in [1.165, 1.54) is 12.1 Å². The van der Waals surface area contributed by atoms with E-state index in [1.807, 2.05) is 0 Å². The van der Waals surface area contributed by atoms with Crippen LogP contribution in [0.25, 0.3) is 17.2 Å². The maximum Gasteiger partial charge on any atom is 0.433 e. The predicted octanol–water partition coefficient (Wildman–Crippen LogP) is 2.36. The minimum absolute atomic E-state index is 0.0771. The van der Waals surface area contributed by atoms with Crippen molar-refractivity contribution in [2.75, 3.05) is 0 Å². The first-order valence-electron chi connectivity index (χ1n) is 7.23.